The van der Waals surface area contributed by atoms with Crippen molar-refractivity contribution in [1.29, 1.82) is 0 Å². The number of nitrogens with two attached hydrogens (primary N) is 1. The van der Waals surface area contributed by atoms with Crippen LogP contribution in [0.4, 0.5) is 13.2 Å². The van der Waals surface area contributed by atoms with Crippen LogP contribution in [0.25, 0.3) is 0 Å². The van der Waals surface area contributed by atoms with Crippen molar-refractivity contribution in [1.82, 2.24) is 0 Å². The Labute approximate surface area is 91.0 Å². The Morgan fingerprint density at radius 1 is 1.40 bits per heavy atom. The van der Waals surface area contributed by atoms with E-state index < -0.39 is 11.7 Å². The lowest BCUT2D eigenvalue weighted by Gasteiger charge is -2.11. The van der Waals surface area contributed by atoms with E-state index in [2.05, 4.69) is 0 Å². The molecule has 0 saturated heterocycles. The molecule has 0 aliphatic rings. The van der Waals surface area contributed by atoms with Crippen LogP contribution in [-0.2, 0) is 12.6 Å². The molecular weight excluding hydrogens is 227 g/mol. The number of hydrogen-bond acceptors (Lipinski definition) is 1. The first kappa shape index (κ1) is 12.3. The molecule has 0 bridgehead atoms. The summed E-state index contributed by atoms with van der Waals surface area (Å²) in [6.07, 6.45) is -3.89. The molecule has 0 aliphatic carbocycles. The maximum absolute atomic E-state index is 12.3. The van der Waals surface area contributed by atoms with Crippen molar-refractivity contribution in [2.75, 3.05) is 0 Å². The molecule has 1 aromatic carbocycles. The van der Waals surface area contributed by atoms with Crippen molar-refractivity contribution in [3.05, 3.63) is 34.3 Å². The minimum absolute atomic E-state index is 0.0993. The summed E-state index contributed by atoms with van der Waals surface area (Å²) in [7, 11) is 0. The largest absolute Gasteiger partial charge is 0.417 e. The molecule has 0 fully saturated rings. The third kappa shape index (κ3) is 3.39. The number of benzene rings is 1. The van der Waals surface area contributed by atoms with Gasteiger partial charge in [-0.1, -0.05) is 17.7 Å². The number of hydrogen-bond donors (Lipinski definition) is 1. The first-order chi connectivity index (χ1) is 6.80. The van der Waals surface area contributed by atoms with Gasteiger partial charge in [0, 0.05) is 6.04 Å². The highest BCUT2D eigenvalue weighted by Gasteiger charge is 2.32. The van der Waals surface area contributed by atoms with Crippen molar-refractivity contribution in [3.8, 4) is 0 Å². The average molecular weight is 238 g/mol. The van der Waals surface area contributed by atoms with Gasteiger partial charge in [0.05, 0.1) is 10.6 Å². The highest BCUT2D eigenvalue weighted by Crippen LogP contribution is 2.34. The zero-order valence-electron chi connectivity index (χ0n) is 8.11. The van der Waals surface area contributed by atoms with Gasteiger partial charge in [0.15, 0.2) is 0 Å². The normalized spacial score (nSPS) is 14.0. The van der Waals surface area contributed by atoms with Gasteiger partial charge in [-0.05, 0) is 31.0 Å². The van der Waals surface area contributed by atoms with Crippen LogP contribution in [0.2, 0.25) is 5.02 Å². The molecule has 2 N–H and O–H groups in total. The summed E-state index contributed by atoms with van der Waals surface area (Å²) in [6, 6.07) is 3.60. The van der Waals surface area contributed by atoms with Crippen LogP contribution in [-0.4, -0.2) is 6.04 Å². The van der Waals surface area contributed by atoms with Crippen LogP contribution >= 0.6 is 11.6 Å². The summed E-state index contributed by atoms with van der Waals surface area (Å²) in [5.41, 5.74) is 5.44. The molecule has 0 radical (unpaired) electrons. The summed E-state index contributed by atoms with van der Waals surface area (Å²) in [5.74, 6) is 0. The SMILES string of the molecule is CC(N)Cc1ccc(C(F)(F)F)c(Cl)c1. The predicted molar refractivity (Wildman–Crippen MR) is 53.8 cm³/mol. The Morgan fingerprint density at radius 2 is 2.00 bits per heavy atom. The molecule has 84 valence electrons. The average Bonchev–Trinajstić information content (AvgIpc) is 1.99. The summed E-state index contributed by atoms with van der Waals surface area (Å²) in [4.78, 5) is 0. The monoisotopic (exact) mass is 237 g/mol. The minimum Gasteiger partial charge on any atom is -0.328 e. The van der Waals surface area contributed by atoms with Gasteiger partial charge in [0.25, 0.3) is 0 Å². The molecular formula is C10H11ClF3N. The van der Waals surface area contributed by atoms with Gasteiger partial charge in [0.1, 0.15) is 0 Å². The molecule has 0 amide bonds. The van der Waals surface area contributed by atoms with E-state index >= 15 is 0 Å². The van der Waals surface area contributed by atoms with Crippen molar-refractivity contribution >= 4 is 11.6 Å². The quantitative estimate of drug-likeness (QED) is 0.840. The zero-order chi connectivity index (χ0) is 11.6. The first-order valence-electron chi connectivity index (χ1n) is 4.42. The van der Waals surface area contributed by atoms with Gasteiger partial charge < -0.3 is 5.73 Å². The Morgan fingerprint density at radius 3 is 2.40 bits per heavy atom. The van der Waals surface area contributed by atoms with Crippen LogP contribution in [0.1, 0.15) is 18.1 Å². The lowest BCUT2D eigenvalue weighted by Crippen LogP contribution is -2.18. The van der Waals surface area contributed by atoms with E-state index in [1.165, 1.54) is 12.1 Å². The van der Waals surface area contributed by atoms with Crippen LogP contribution in [0.3, 0.4) is 0 Å². The maximum atomic E-state index is 12.3. The van der Waals surface area contributed by atoms with E-state index in [-0.39, 0.29) is 11.1 Å². The highest BCUT2D eigenvalue weighted by atomic mass is 35.5. The van der Waals surface area contributed by atoms with Crippen LogP contribution in [0.15, 0.2) is 18.2 Å². The van der Waals surface area contributed by atoms with Gasteiger partial charge in [-0.25, -0.2) is 0 Å². The third-order valence-electron chi connectivity index (χ3n) is 1.90. The summed E-state index contributed by atoms with van der Waals surface area (Å²) >= 11 is 5.54. The van der Waals surface area contributed by atoms with E-state index in [1.807, 2.05) is 0 Å². The van der Waals surface area contributed by atoms with Crippen LogP contribution < -0.4 is 5.73 Å². The Hall–Kier alpha value is -0.740. The van der Waals surface area contributed by atoms with Gasteiger partial charge >= 0.3 is 6.18 Å². The molecule has 0 saturated carbocycles. The van der Waals surface area contributed by atoms with E-state index in [0.29, 0.717) is 12.0 Å². The standard InChI is InChI=1S/C10H11ClF3N/c1-6(15)4-7-2-3-8(9(11)5-7)10(12,13)14/h2-3,5-6H,4,15H2,1H3. The van der Waals surface area contributed by atoms with Gasteiger partial charge in [-0.15, -0.1) is 0 Å². The molecule has 1 atom stereocenters. The second-order valence-corrected chi connectivity index (χ2v) is 3.90. The molecule has 15 heavy (non-hydrogen) atoms. The lowest BCUT2D eigenvalue weighted by molar-refractivity contribution is -0.137. The van der Waals surface area contributed by atoms with Crippen molar-refractivity contribution < 1.29 is 13.2 Å². The smallest absolute Gasteiger partial charge is 0.328 e. The Balaban J connectivity index is 2.99. The topological polar surface area (TPSA) is 26.0 Å². The first-order valence-corrected chi connectivity index (χ1v) is 4.79. The fourth-order valence-electron chi connectivity index (χ4n) is 1.29. The molecule has 0 spiro atoms. The van der Waals surface area contributed by atoms with E-state index in [9.17, 15) is 13.2 Å². The lowest BCUT2D eigenvalue weighted by atomic mass is 10.1. The number of halogens is 4. The van der Waals surface area contributed by atoms with Gasteiger partial charge in [-0.2, -0.15) is 13.2 Å². The van der Waals surface area contributed by atoms with E-state index in [0.717, 1.165) is 6.07 Å². The molecule has 0 aliphatic heterocycles. The molecule has 0 heterocycles. The van der Waals surface area contributed by atoms with Crippen LogP contribution in [0.5, 0.6) is 0 Å². The molecule has 1 aromatic rings. The van der Waals surface area contributed by atoms with Gasteiger partial charge in [-0.3, -0.25) is 0 Å². The summed E-state index contributed by atoms with van der Waals surface area (Å²) in [5, 5.41) is -0.277. The Kier molecular flexibility index (Phi) is 3.62. The van der Waals surface area contributed by atoms with Crippen molar-refractivity contribution in [3.63, 3.8) is 0 Å². The third-order valence-corrected chi connectivity index (χ3v) is 2.21. The Bertz CT molecular complexity index is 347. The van der Waals surface area contributed by atoms with Crippen molar-refractivity contribution in [2.24, 2.45) is 5.73 Å². The number of rotatable bonds is 2. The fraction of sp³-hybridized carbons (Fsp3) is 0.400. The molecule has 5 heteroatoms. The van der Waals surface area contributed by atoms with Crippen LogP contribution in [0, 0.1) is 0 Å². The molecule has 0 aromatic heterocycles. The summed E-state index contributed by atoms with van der Waals surface area (Å²) < 4.78 is 37.0. The van der Waals surface area contributed by atoms with Crippen molar-refractivity contribution in [2.45, 2.75) is 25.6 Å². The maximum Gasteiger partial charge on any atom is 0.417 e. The highest BCUT2D eigenvalue weighted by molar-refractivity contribution is 6.31. The minimum atomic E-state index is -4.40. The van der Waals surface area contributed by atoms with Gasteiger partial charge in [0.2, 0.25) is 0 Å². The predicted octanol–water partition coefficient (Wildman–Crippen LogP) is 3.25. The molecule has 1 nitrogen and oxygen atoms in total. The zero-order valence-corrected chi connectivity index (χ0v) is 8.86. The molecule has 1 rings (SSSR count). The van der Waals surface area contributed by atoms with E-state index in [4.69, 9.17) is 17.3 Å². The summed E-state index contributed by atoms with van der Waals surface area (Å²) in [6.45, 7) is 1.78. The fourth-order valence-corrected chi connectivity index (χ4v) is 1.60. The molecule has 1 unspecified atom stereocenters. The second kappa shape index (κ2) is 4.41. The second-order valence-electron chi connectivity index (χ2n) is 3.49. The number of alkyl halides is 3. The van der Waals surface area contributed by atoms with E-state index in [1.54, 1.807) is 6.92 Å².